The Morgan fingerprint density at radius 3 is 2.86 bits per heavy atom. The van der Waals surface area contributed by atoms with E-state index in [1.54, 1.807) is 6.33 Å². The molecule has 0 aliphatic carbocycles. The number of rotatable bonds is 4. The minimum atomic E-state index is 0.467. The van der Waals surface area contributed by atoms with Crippen LogP contribution in [0, 0.1) is 5.92 Å². The van der Waals surface area contributed by atoms with Crippen LogP contribution in [-0.4, -0.2) is 14.8 Å². The van der Waals surface area contributed by atoms with Gasteiger partial charge in [-0.15, -0.1) is 10.2 Å². The maximum atomic E-state index is 4.05. The molecule has 0 amide bonds. The number of aromatic nitrogens is 3. The largest absolute Gasteiger partial charge is 0.314 e. The molecule has 0 bridgehead atoms. The van der Waals surface area contributed by atoms with Crippen molar-refractivity contribution in [1.29, 1.82) is 0 Å². The zero-order valence-electron chi connectivity index (χ0n) is 9.07. The SMILES string of the molecule is C=C/C(=C\c1nncn1CC)C(C)C. The lowest BCUT2D eigenvalue weighted by molar-refractivity contribution is 0.745. The number of nitrogens with zero attached hydrogens (tertiary/aromatic N) is 3. The molecule has 0 fully saturated rings. The predicted octanol–water partition coefficient (Wildman–Crippen LogP) is 2.52. The molecule has 3 heteroatoms. The number of allylic oxidation sites excluding steroid dienone is 2. The third kappa shape index (κ3) is 2.31. The van der Waals surface area contributed by atoms with Crippen LogP contribution in [-0.2, 0) is 6.54 Å². The average Bonchev–Trinajstić information content (AvgIpc) is 2.60. The Bertz CT molecular complexity index is 334. The molecule has 0 atom stereocenters. The van der Waals surface area contributed by atoms with Crippen molar-refractivity contribution in [3.63, 3.8) is 0 Å². The standard InChI is InChI=1S/C11H17N3/c1-5-10(9(3)4)7-11-13-12-8-14(11)6-2/h5,7-9H,1,6H2,2-4H3/b10-7+. The van der Waals surface area contributed by atoms with Gasteiger partial charge in [-0.25, -0.2) is 0 Å². The van der Waals surface area contributed by atoms with E-state index in [0.717, 1.165) is 12.4 Å². The van der Waals surface area contributed by atoms with Crippen molar-refractivity contribution in [2.24, 2.45) is 5.92 Å². The summed E-state index contributed by atoms with van der Waals surface area (Å²) in [6, 6.07) is 0. The summed E-state index contributed by atoms with van der Waals surface area (Å²) in [6.45, 7) is 11.0. The fraction of sp³-hybridized carbons (Fsp3) is 0.455. The molecular weight excluding hydrogens is 174 g/mol. The van der Waals surface area contributed by atoms with Crippen LogP contribution in [0.15, 0.2) is 24.6 Å². The molecule has 3 nitrogen and oxygen atoms in total. The highest BCUT2D eigenvalue weighted by molar-refractivity contribution is 5.49. The Labute approximate surface area is 85.2 Å². The summed E-state index contributed by atoms with van der Waals surface area (Å²) in [6.07, 6.45) is 5.65. The van der Waals surface area contributed by atoms with Gasteiger partial charge < -0.3 is 4.57 Å². The highest BCUT2D eigenvalue weighted by Gasteiger charge is 2.03. The molecular formula is C11H17N3. The van der Waals surface area contributed by atoms with E-state index in [1.165, 1.54) is 5.57 Å². The fourth-order valence-corrected chi connectivity index (χ4v) is 1.23. The molecule has 0 radical (unpaired) electrons. The van der Waals surface area contributed by atoms with Crippen LogP contribution >= 0.6 is 0 Å². The lowest BCUT2D eigenvalue weighted by atomic mass is 10.0. The predicted molar refractivity (Wildman–Crippen MR) is 58.7 cm³/mol. The average molecular weight is 191 g/mol. The van der Waals surface area contributed by atoms with Crippen molar-refractivity contribution in [3.05, 3.63) is 30.4 Å². The first kappa shape index (κ1) is 10.7. The molecule has 0 aromatic carbocycles. The van der Waals surface area contributed by atoms with Gasteiger partial charge in [0.1, 0.15) is 6.33 Å². The summed E-state index contributed by atoms with van der Waals surface area (Å²) in [4.78, 5) is 0. The van der Waals surface area contributed by atoms with E-state index in [9.17, 15) is 0 Å². The monoisotopic (exact) mass is 191 g/mol. The van der Waals surface area contributed by atoms with Crippen molar-refractivity contribution < 1.29 is 0 Å². The Morgan fingerprint density at radius 2 is 2.36 bits per heavy atom. The van der Waals surface area contributed by atoms with E-state index in [-0.39, 0.29) is 0 Å². The molecule has 76 valence electrons. The highest BCUT2D eigenvalue weighted by Crippen LogP contribution is 2.13. The number of hydrogen-bond acceptors (Lipinski definition) is 2. The van der Waals surface area contributed by atoms with Gasteiger partial charge in [0.2, 0.25) is 0 Å². The second-order valence-electron chi connectivity index (χ2n) is 3.48. The van der Waals surface area contributed by atoms with Gasteiger partial charge in [0, 0.05) is 6.54 Å². The van der Waals surface area contributed by atoms with Gasteiger partial charge in [0.05, 0.1) is 0 Å². The van der Waals surface area contributed by atoms with Crippen LogP contribution < -0.4 is 0 Å². The van der Waals surface area contributed by atoms with Crippen LogP contribution in [0.25, 0.3) is 6.08 Å². The number of hydrogen-bond donors (Lipinski definition) is 0. The molecule has 0 aliphatic heterocycles. The molecule has 0 aliphatic rings. The van der Waals surface area contributed by atoms with E-state index in [1.807, 2.05) is 16.7 Å². The third-order valence-corrected chi connectivity index (χ3v) is 2.18. The summed E-state index contributed by atoms with van der Waals surface area (Å²) in [7, 11) is 0. The molecule has 0 spiro atoms. The molecule has 1 rings (SSSR count). The minimum absolute atomic E-state index is 0.467. The van der Waals surface area contributed by atoms with Crippen LogP contribution in [0.5, 0.6) is 0 Å². The summed E-state index contributed by atoms with van der Waals surface area (Å²) < 4.78 is 2.01. The summed E-state index contributed by atoms with van der Waals surface area (Å²) >= 11 is 0. The van der Waals surface area contributed by atoms with E-state index in [2.05, 4.69) is 37.5 Å². The van der Waals surface area contributed by atoms with Gasteiger partial charge >= 0.3 is 0 Å². The summed E-state index contributed by atoms with van der Waals surface area (Å²) in [5.41, 5.74) is 1.19. The molecule has 1 heterocycles. The molecule has 14 heavy (non-hydrogen) atoms. The van der Waals surface area contributed by atoms with Gasteiger partial charge in [-0.1, -0.05) is 26.5 Å². The minimum Gasteiger partial charge on any atom is -0.314 e. The first-order valence-electron chi connectivity index (χ1n) is 4.90. The Morgan fingerprint density at radius 1 is 1.64 bits per heavy atom. The lowest BCUT2D eigenvalue weighted by Gasteiger charge is -2.05. The molecule has 1 aromatic rings. The fourth-order valence-electron chi connectivity index (χ4n) is 1.23. The molecule has 1 aromatic heterocycles. The molecule has 0 N–H and O–H groups in total. The summed E-state index contributed by atoms with van der Waals surface area (Å²) in [5.74, 6) is 1.37. The lowest BCUT2D eigenvalue weighted by Crippen LogP contribution is -1.98. The second kappa shape index (κ2) is 4.74. The van der Waals surface area contributed by atoms with E-state index in [4.69, 9.17) is 0 Å². The van der Waals surface area contributed by atoms with Crippen molar-refractivity contribution in [1.82, 2.24) is 14.8 Å². The molecule has 0 saturated carbocycles. The van der Waals surface area contributed by atoms with E-state index < -0.39 is 0 Å². The molecule has 0 saturated heterocycles. The van der Waals surface area contributed by atoms with Crippen LogP contribution in [0.3, 0.4) is 0 Å². The van der Waals surface area contributed by atoms with Crippen molar-refractivity contribution >= 4 is 6.08 Å². The zero-order valence-corrected chi connectivity index (χ0v) is 9.07. The van der Waals surface area contributed by atoms with Gasteiger partial charge in [-0.05, 0) is 24.5 Å². The first-order chi connectivity index (χ1) is 6.69. The van der Waals surface area contributed by atoms with Crippen LogP contribution in [0.2, 0.25) is 0 Å². The maximum absolute atomic E-state index is 4.05. The van der Waals surface area contributed by atoms with E-state index >= 15 is 0 Å². The topological polar surface area (TPSA) is 30.7 Å². The van der Waals surface area contributed by atoms with E-state index in [0.29, 0.717) is 5.92 Å². The Hall–Kier alpha value is -1.38. The quantitative estimate of drug-likeness (QED) is 0.685. The van der Waals surface area contributed by atoms with Gasteiger partial charge in [0.15, 0.2) is 5.82 Å². The summed E-state index contributed by atoms with van der Waals surface area (Å²) in [5, 5.41) is 7.92. The molecule has 0 unspecified atom stereocenters. The first-order valence-corrected chi connectivity index (χ1v) is 4.90. The number of aryl methyl sites for hydroxylation is 1. The van der Waals surface area contributed by atoms with Crippen LogP contribution in [0.1, 0.15) is 26.6 Å². The smallest absolute Gasteiger partial charge is 0.156 e. The van der Waals surface area contributed by atoms with Crippen molar-refractivity contribution in [2.45, 2.75) is 27.3 Å². The van der Waals surface area contributed by atoms with Crippen molar-refractivity contribution in [2.75, 3.05) is 0 Å². The van der Waals surface area contributed by atoms with Gasteiger partial charge in [-0.2, -0.15) is 0 Å². The normalized spacial score (nSPS) is 12.1. The second-order valence-corrected chi connectivity index (χ2v) is 3.48. The Balaban J connectivity index is 2.99. The van der Waals surface area contributed by atoms with Crippen molar-refractivity contribution in [3.8, 4) is 0 Å². The maximum Gasteiger partial charge on any atom is 0.156 e. The third-order valence-electron chi connectivity index (χ3n) is 2.18. The van der Waals surface area contributed by atoms with Gasteiger partial charge in [-0.3, -0.25) is 0 Å². The zero-order chi connectivity index (χ0) is 10.6. The van der Waals surface area contributed by atoms with Gasteiger partial charge in [0.25, 0.3) is 0 Å². The Kier molecular flexibility index (Phi) is 3.63. The van der Waals surface area contributed by atoms with Crippen LogP contribution in [0.4, 0.5) is 0 Å². The highest BCUT2D eigenvalue weighted by atomic mass is 15.2.